The van der Waals surface area contributed by atoms with Gasteiger partial charge >= 0.3 is 6.36 Å². The number of likely N-dealkylation sites (tertiary alicyclic amines) is 1. The van der Waals surface area contributed by atoms with Crippen LogP contribution >= 0.6 is 0 Å². The van der Waals surface area contributed by atoms with Crippen molar-refractivity contribution in [1.29, 1.82) is 0 Å². The highest BCUT2D eigenvalue weighted by atomic mass is 19.4. The largest absolute Gasteiger partial charge is 0.573 e. The minimum absolute atomic E-state index is 0.193. The third kappa shape index (κ3) is 9.27. The Kier molecular flexibility index (Phi) is 10.9. The number of benzene rings is 1. The Morgan fingerprint density at radius 3 is 2.10 bits per heavy atom. The van der Waals surface area contributed by atoms with Crippen LogP contribution in [0.5, 0.6) is 5.75 Å². The van der Waals surface area contributed by atoms with Crippen LogP contribution in [0, 0.1) is 0 Å². The number of nitrogens with one attached hydrogen (secondary N) is 1. The van der Waals surface area contributed by atoms with Crippen molar-refractivity contribution in [2.24, 2.45) is 0 Å². The highest BCUT2D eigenvalue weighted by Crippen LogP contribution is 2.25. The zero-order valence-corrected chi connectivity index (χ0v) is 19.4. The summed E-state index contributed by atoms with van der Waals surface area (Å²) in [4.78, 5) is 2.58. The van der Waals surface area contributed by atoms with Gasteiger partial charge < -0.3 is 14.6 Å². The van der Waals surface area contributed by atoms with Gasteiger partial charge in [-0.15, -0.1) is 13.2 Å². The average Bonchev–Trinajstić information content (AvgIpc) is 3.06. The molecule has 7 heteroatoms. The highest BCUT2D eigenvalue weighted by Gasteiger charge is 2.31. The van der Waals surface area contributed by atoms with Gasteiger partial charge in [0.15, 0.2) is 0 Å². The molecule has 3 rings (SSSR count). The molecule has 178 valence electrons. The van der Waals surface area contributed by atoms with E-state index < -0.39 is 6.36 Å². The number of anilines is 1. The van der Waals surface area contributed by atoms with Crippen molar-refractivity contribution in [3.8, 4) is 5.75 Å². The molecule has 1 heterocycles. The Morgan fingerprint density at radius 2 is 1.61 bits per heavy atom. The molecule has 1 aromatic rings. The molecular weight excluding hydrogens is 403 g/mol. The number of hydrogen-bond donors (Lipinski definition) is 1. The first-order valence-corrected chi connectivity index (χ1v) is 12.0. The summed E-state index contributed by atoms with van der Waals surface area (Å²) in [5.74, 6) is -0.193. The SMILES string of the molecule is CCC1CCCN1CC.CCN(NC1CCCCCC1)c1ccc(OC(F)(F)F)cc1. The normalized spacial score (nSPS) is 20.6. The smallest absolute Gasteiger partial charge is 0.406 e. The second-order valence-electron chi connectivity index (χ2n) is 8.44. The molecule has 4 nitrogen and oxygen atoms in total. The lowest BCUT2D eigenvalue weighted by Crippen LogP contribution is -2.44. The lowest BCUT2D eigenvalue weighted by molar-refractivity contribution is -0.274. The van der Waals surface area contributed by atoms with Gasteiger partial charge in [-0.05, 0) is 76.4 Å². The number of hydrogen-bond acceptors (Lipinski definition) is 4. The summed E-state index contributed by atoms with van der Waals surface area (Å²) >= 11 is 0. The molecular formula is C24H40F3N3O. The molecule has 1 N–H and O–H groups in total. The molecule has 0 amide bonds. The van der Waals surface area contributed by atoms with Gasteiger partial charge in [0.2, 0.25) is 0 Å². The molecule has 1 aromatic carbocycles. The lowest BCUT2D eigenvalue weighted by Gasteiger charge is -2.29. The van der Waals surface area contributed by atoms with Crippen molar-refractivity contribution >= 4 is 5.69 Å². The van der Waals surface area contributed by atoms with Gasteiger partial charge in [-0.25, -0.2) is 5.43 Å². The topological polar surface area (TPSA) is 27.7 Å². The summed E-state index contributed by atoms with van der Waals surface area (Å²) in [6.45, 7) is 9.90. The zero-order valence-electron chi connectivity index (χ0n) is 19.4. The maximum atomic E-state index is 12.2. The summed E-state index contributed by atoms with van der Waals surface area (Å²) in [6, 6.07) is 7.34. The summed E-state index contributed by atoms with van der Waals surface area (Å²) in [5.41, 5.74) is 4.35. The van der Waals surface area contributed by atoms with Crippen LogP contribution in [0.15, 0.2) is 24.3 Å². The van der Waals surface area contributed by atoms with Crippen LogP contribution in [0.3, 0.4) is 0 Å². The quantitative estimate of drug-likeness (QED) is 0.383. The lowest BCUT2D eigenvalue weighted by atomic mass is 10.1. The second-order valence-corrected chi connectivity index (χ2v) is 8.44. The second kappa shape index (κ2) is 13.2. The first-order chi connectivity index (χ1) is 14.9. The Hall–Kier alpha value is -1.47. The standard InChI is InChI=1S/C16H23F3N2O.C8H17N/c1-2-21(20-13-7-5-3-4-6-8-13)14-9-11-15(12-10-14)22-16(17,18)19;1-3-8-6-5-7-9(8)4-2/h9-13,20H,2-8H2,1H3;8H,3-7H2,1-2H3. The van der Waals surface area contributed by atoms with Gasteiger partial charge in [0, 0.05) is 18.6 Å². The minimum atomic E-state index is -4.65. The predicted octanol–water partition coefficient (Wildman–Crippen LogP) is 6.52. The van der Waals surface area contributed by atoms with E-state index in [1.54, 1.807) is 12.1 Å². The Morgan fingerprint density at radius 1 is 0.968 bits per heavy atom. The van der Waals surface area contributed by atoms with Gasteiger partial charge in [0.1, 0.15) is 5.75 Å². The fourth-order valence-electron chi connectivity index (χ4n) is 4.58. The molecule has 2 aliphatic rings. The van der Waals surface area contributed by atoms with Crippen molar-refractivity contribution in [1.82, 2.24) is 10.3 Å². The maximum Gasteiger partial charge on any atom is 0.573 e. The molecule has 1 aliphatic carbocycles. The monoisotopic (exact) mass is 443 g/mol. The summed E-state index contributed by atoms with van der Waals surface area (Å²) in [6.07, 6.45) is 6.87. The molecule has 31 heavy (non-hydrogen) atoms. The highest BCUT2D eigenvalue weighted by molar-refractivity contribution is 5.48. The number of halogens is 3. The number of rotatable bonds is 7. The molecule has 1 aliphatic heterocycles. The summed E-state index contributed by atoms with van der Waals surface area (Å²) in [5, 5.41) is 1.99. The number of nitrogens with zero attached hydrogens (tertiary/aromatic N) is 2. The van der Waals surface area contributed by atoms with Crippen LogP contribution in [-0.2, 0) is 0 Å². The van der Waals surface area contributed by atoms with Gasteiger partial charge in [0.05, 0.1) is 5.69 Å². The Labute approximate surface area is 186 Å². The van der Waals surface area contributed by atoms with E-state index in [-0.39, 0.29) is 5.75 Å². The molecule has 0 spiro atoms. The van der Waals surface area contributed by atoms with Crippen molar-refractivity contribution in [3.63, 3.8) is 0 Å². The van der Waals surface area contributed by atoms with Crippen LogP contribution in [0.1, 0.15) is 78.6 Å². The maximum absolute atomic E-state index is 12.2. The molecule has 1 saturated carbocycles. The molecule has 1 atom stereocenters. The average molecular weight is 444 g/mol. The first-order valence-electron chi connectivity index (χ1n) is 12.0. The van der Waals surface area contributed by atoms with E-state index in [4.69, 9.17) is 0 Å². The molecule has 0 bridgehead atoms. The van der Waals surface area contributed by atoms with Crippen molar-refractivity contribution in [2.45, 2.75) is 97.0 Å². The van der Waals surface area contributed by atoms with Crippen LogP contribution in [0.2, 0.25) is 0 Å². The van der Waals surface area contributed by atoms with Gasteiger partial charge in [-0.2, -0.15) is 0 Å². The zero-order chi connectivity index (χ0) is 22.7. The number of hydrazine groups is 1. The third-order valence-corrected chi connectivity index (χ3v) is 6.27. The van der Waals surface area contributed by atoms with E-state index >= 15 is 0 Å². The number of alkyl halides is 3. The van der Waals surface area contributed by atoms with Gasteiger partial charge in [-0.1, -0.05) is 39.5 Å². The molecule has 0 aromatic heterocycles. The van der Waals surface area contributed by atoms with E-state index in [1.807, 2.05) is 11.9 Å². The predicted molar refractivity (Wildman–Crippen MR) is 121 cm³/mol. The van der Waals surface area contributed by atoms with Crippen molar-refractivity contribution < 1.29 is 17.9 Å². The summed E-state index contributed by atoms with van der Waals surface area (Å²) in [7, 11) is 0. The summed E-state index contributed by atoms with van der Waals surface area (Å²) < 4.78 is 40.4. The minimum Gasteiger partial charge on any atom is -0.406 e. The molecule has 1 saturated heterocycles. The van der Waals surface area contributed by atoms with E-state index in [0.29, 0.717) is 6.04 Å². The molecule has 2 fully saturated rings. The van der Waals surface area contributed by atoms with Crippen molar-refractivity contribution in [2.75, 3.05) is 24.6 Å². The molecule has 0 radical (unpaired) electrons. The first kappa shape index (κ1) is 25.8. The van der Waals surface area contributed by atoms with Crippen LogP contribution in [0.4, 0.5) is 18.9 Å². The Balaban J connectivity index is 0.000000316. The third-order valence-electron chi connectivity index (χ3n) is 6.27. The van der Waals surface area contributed by atoms with Crippen molar-refractivity contribution in [3.05, 3.63) is 24.3 Å². The van der Waals surface area contributed by atoms with Gasteiger partial charge in [-0.3, -0.25) is 0 Å². The fourth-order valence-corrected chi connectivity index (χ4v) is 4.58. The van der Waals surface area contributed by atoms with E-state index in [0.717, 1.165) is 31.1 Å². The van der Waals surface area contributed by atoms with Gasteiger partial charge in [0.25, 0.3) is 0 Å². The van der Waals surface area contributed by atoms with Crippen LogP contribution < -0.4 is 15.2 Å². The van der Waals surface area contributed by atoms with E-state index in [9.17, 15) is 13.2 Å². The van der Waals surface area contributed by atoms with E-state index in [2.05, 4.69) is 28.9 Å². The molecule has 1 unspecified atom stereocenters. The van der Waals surface area contributed by atoms with Crippen LogP contribution in [0.25, 0.3) is 0 Å². The van der Waals surface area contributed by atoms with E-state index in [1.165, 1.54) is 70.2 Å². The Bertz CT molecular complexity index is 591. The number of ether oxygens (including phenoxy) is 1. The fraction of sp³-hybridized carbons (Fsp3) is 0.750. The van der Waals surface area contributed by atoms with Crippen LogP contribution in [-0.4, -0.2) is 43.0 Å².